The third-order valence-corrected chi connectivity index (χ3v) is 3.16. The van der Waals surface area contributed by atoms with E-state index in [0.29, 0.717) is 0 Å². The minimum atomic E-state index is -1.13. The number of nitrogens with zero attached hydrogens (tertiary/aromatic N) is 1. The van der Waals surface area contributed by atoms with Gasteiger partial charge in [-0.15, -0.1) is 0 Å². The van der Waals surface area contributed by atoms with Gasteiger partial charge in [-0.3, -0.25) is 4.79 Å². The number of carbonyl (C=O) groups is 2. The number of carboxylic acids is 1. The molecule has 0 radical (unpaired) electrons. The molecule has 2 N–H and O–H groups in total. The van der Waals surface area contributed by atoms with Crippen LogP contribution in [0.1, 0.15) is 38.5 Å². The van der Waals surface area contributed by atoms with E-state index in [-0.39, 0.29) is 24.1 Å². The van der Waals surface area contributed by atoms with E-state index in [1.807, 2.05) is 0 Å². The van der Waals surface area contributed by atoms with Crippen LogP contribution in [0, 0.1) is 0 Å². The molecule has 1 aliphatic carbocycles. The maximum Gasteiger partial charge on any atom is 0.353 e. The Morgan fingerprint density at radius 2 is 2.00 bits per heavy atom. The number of amides is 1. The van der Waals surface area contributed by atoms with E-state index in [4.69, 9.17) is 9.94 Å². The number of carboxylic acid groups (broad SMARTS) is 1. The molecule has 1 atom stereocenters. The molecule has 1 fully saturated rings. The molecule has 94 valence electrons. The van der Waals surface area contributed by atoms with Crippen molar-refractivity contribution in [1.82, 2.24) is 5.32 Å². The summed E-state index contributed by atoms with van der Waals surface area (Å²) in [5.41, 5.74) is -0.0891. The van der Waals surface area contributed by atoms with Crippen molar-refractivity contribution in [1.29, 1.82) is 0 Å². The quantitative estimate of drug-likeness (QED) is 0.758. The highest BCUT2D eigenvalue weighted by Gasteiger charge is 2.32. The van der Waals surface area contributed by atoms with Crippen LogP contribution in [0.3, 0.4) is 0 Å². The number of hydrogen-bond donors (Lipinski definition) is 2. The second-order valence-corrected chi connectivity index (χ2v) is 4.48. The molecule has 0 spiro atoms. The fourth-order valence-corrected chi connectivity index (χ4v) is 2.19. The largest absolute Gasteiger partial charge is 0.477 e. The Labute approximate surface area is 99.0 Å². The molecule has 0 bridgehead atoms. The highest BCUT2D eigenvalue weighted by Crippen LogP contribution is 2.18. The fourth-order valence-electron chi connectivity index (χ4n) is 2.19. The van der Waals surface area contributed by atoms with Crippen LogP contribution < -0.4 is 5.32 Å². The molecule has 6 nitrogen and oxygen atoms in total. The van der Waals surface area contributed by atoms with Crippen LogP contribution in [0.15, 0.2) is 5.16 Å². The molecular weight excluding hydrogens is 224 g/mol. The first kappa shape index (κ1) is 11.9. The summed E-state index contributed by atoms with van der Waals surface area (Å²) in [5.74, 6) is -1.38. The third kappa shape index (κ3) is 2.95. The van der Waals surface area contributed by atoms with Gasteiger partial charge in [-0.05, 0) is 12.8 Å². The van der Waals surface area contributed by atoms with E-state index in [1.165, 1.54) is 6.42 Å². The molecule has 1 aliphatic heterocycles. The molecule has 2 rings (SSSR count). The SMILES string of the molecule is O=C(O)C1=NOC(C(=O)NC2CCCCC2)C1. The zero-order valence-corrected chi connectivity index (χ0v) is 9.52. The predicted octanol–water partition coefficient (Wildman–Crippen LogP) is 0.665. The number of oxime groups is 1. The summed E-state index contributed by atoms with van der Waals surface area (Å²) < 4.78 is 0. The van der Waals surface area contributed by atoms with Crippen molar-refractivity contribution in [2.24, 2.45) is 5.16 Å². The second-order valence-electron chi connectivity index (χ2n) is 4.48. The minimum absolute atomic E-state index is 0.0495. The summed E-state index contributed by atoms with van der Waals surface area (Å²) in [6.45, 7) is 0. The van der Waals surface area contributed by atoms with Crippen molar-refractivity contribution in [2.45, 2.75) is 50.7 Å². The van der Waals surface area contributed by atoms with Crippen LogP contribution in [-0.2, 0) is 14.4 Å². The number of carbonyl (C=O) groups excluding carboxylic acids is 1. The zero-order chi connectivity index (χ0) is 12.3. The number of hydrogen-bond acceptors (Lipinski definition) is 4. The minimum Gasteiger partial charge on any atom is -0.477 e. The summed E-state index contributed by atoms with van der Waals surface area (Å²) in [7, 11) is 0. The molecule has 0 aromatic rings. The second kappa shape index (κ2) is 5.16. The molecule has 1 amide bonds. The summed E-state index contributed by atoms with van der Waals surface area (Å²) in [6, 6.07) is 0.203. The molecule has 17 heavy (non-hydrogen) atoms. The van der Waals surface area contributed by atoms with Gasteiger partial charge >= 0.3 is 5.97 Å². The summed E-state index contributed by atoms with van der Waals surface area (Å²) in [4.78, 5) is 27.2. The van der Waals surface area contributed by atoms with Crippen LogP contribution in [0.4, 0.5) is 0 Å². The first-order chi connectivity index (χ1) is 8.16. The van der Waals surface area contributed by atoms with E-state index < -0.39 is 12.1 Å². The van der Waals surface area contributed by atoms with Gasteiger partial charge in [-0.25, -0.2) is 4.79 Å². The van der Waals surface area contributed by atoms with Crippen LogP contribution >= 0.6 is 0 Å². The van der Waals surface area contributed by atoms with Crippen LogP contribution in [0.5, 0.6) is 0 Å². The maximum absolute atomic E-state index is 11.8. The van der Waals surface area contributed by atoms with Gasteiger partial charge in [-0.2, -0.15) is 0 Å². The molecule has 6 heteroatoms. The Morgan fingerprint density at radius 3 is 2.59 bits per heavy atom. The normalized spacial score (nSPS) is 24.9. The van der Waals surface area contributed by atoms with Crippen molar-refractivity contribution in [3.63, 3.8) is 0 Å². The molecule has 1 unspecified atom stereocenters. The lowest BCUT2D eigenvalue weighted by Gasteiger charge is -2.23. The molecule has 0 saturated heterocycles. The number of nitrogens with one attached hydrogen (secondary N) is 1. The van der Waals surface area contributed by atoms with E-state index in [2.05, 4.69) is 10.5 Å². The average molecular weight is 240 g/mol. The average Bonchev–Trinajstić information content (AvgIpc) is 2.79. The fraction of sp³-hybridized carbons (Fsp3) is 0.727. The van der Waals surface area contributed by atoms with Gasteiger partial charge in [0.05, 0.1) is 0 Å². The van der Waals surface area contributed by atoms with E-state index >= 15 is 0 Å². The van der Waals surface area contributed by atoms with Gasteiger partial charge < -0.3 is 15.3 Å². The molecule has 2 aliphatic rings. The first-order valence-electron chi connectivity index (χ1n) is 5.93. The summed E-state index contributed by atoms with van der Waals surface area (Å²) >= 11 is 0. The summed E-state index contributed by atoms with van der Waals surface area (Å²) in [5, 5.41) is 15.0. The lowest BCUT2D eigenvalue weighted by Crippen LogP contribution is -2.42. The van der Waals surface area contributed by atoms with E-state index in [9.17, 15) is 9.59 Å². The van der Waals surface area contributed by atoms with Crippen LogP contribution in [0.25, 0.3) is 0 Å². The lowest BCUT2D eigenvalue weighted by atomic mass is 9.95. The highest BCUT2D eigenvalue weighted by atomic mass is 16.6. The standard InChI is InChI=1S/C11H16N2O4/c14-10(12-7-4-2-1-3-5-7)9-6-8(11(15)16)13-17-9/h7,9H,1-6H2,(H,12,14)(H,15,16). The van der Waals surface area contributed by atoms with Gasteiger partial charge in [0.2, 0.25) is 6.10 Å². The topological polar surface area (TPSA) is 88.0 Å². The first-order valence-corrected chi connectivity index (χ1v) is 5.93. The molecule has 0 aromatic carbocycles. The van der Waals surface area contributed by atoms with Gasteiger partial charge in [-0.1, -0.05) is 24.4 Å². The molecular formula is C11H16N2O4. The maximum atomic E-state index is 11.8. The van der Waals surface area contributed by atoms with Gasteiger partial charge in [0.25, 0.3) is 5.91 Å². The van der Waals surface area contributed by atoms with Crippen molar-refractivity contribution in [3.8, 4) is 0 Å². The monoisotopic (exact) mass is 240 g/mol. The Hall–Kier alpha value is -1.59. The van der Waals surface area contributed by atoms with Crippen LogP contribution in [0.2, 0.25) is 0 Å². The summed E-state index contributed by atoms with van der Waals surface area (Å²) in [6.07, 6.45) is 4.74. The van der Waals surface area contributed by atoms with Gasteiger partial charge in [0.15, 0.2) is 5.71 Å². The van der Waals surface area contributed by atoms with Crippen molar-refractivity contribution in [2.75, 3.05) is 0 Å². The predicted molar refractivity (Wildman–Crippen MR) is 59.6 cm³/mol. The van der Waals surface area contributed by atoms with Gasteiger partial charge in [0, 0.05) is 12.5 Å². The Kier molecular flexibility index (Phi) is 3.61. The molecule has 0 aromatic heterocycles. The molecule has 1 heterocycles. The van der Waals surface area contributed by atoms with Crippen molar-refractivity contribution in [3.05, 3.63) is 0 Å². The number of rotatable bonds is 3. The smallest absolute Gasteiger partial charge is 0.353 e. The van der Waals surface area contributed by atoms with Crippen LogP contribution in [-0.4, -0.2) is 34.8 Å². The zero-order valence-electron chi connectivity index (χ0n) is 9.52. The Bertz CT molecular complexity index is 347. The molecule has 1 saturated carbocycles. The third-order valence-electron chi connectivity index (χ3n) is 3.16. The van der Waals surface area contributed by atoms with E-state index in [0.717, 1.165) is 25.7 Å². The van der Waals surface area contributed by atoms with E-state index in [1.54, 1.807) is 0 Å². The van der Waals surface area contributed by atoms with Crippen molar-refractivity contribution >= 4 is 17.6 Å². The highest BCUT2D eigenvalue weighted by molar-refractivity contribution is 6.36. The van der Waals surface area contributed by atoms with Crippen molar-refractivity contribution < 1.29 is 19.5 Å². The Balaban J connectivity index is 1.80. The number of aliphatic carboxylic acids is 1. The van der Waals surface area contributed by atoms with Gasteiger partial charge in [0.1, 0.15) is 0 Å². The Morgan fingerprint density at radius 1 is 1.29 bits per heavy atom. The lowest BCUT2D eigenvalue weighted by molar-refractivity contribution is -0.132.